The second kappa shape index (κ2) is 8.19. The molecule has 0 saturated heterocycles. The molecular weight excluding hydrogens is 378 g/mol. The molecule has 1 aromatic heterocycles. The van der Waals surface area contributed by atoms with Gasteiger partial charge in [-0.1, -0.05) is 66.7 Å². The second-order valence-corrected chi connectivity index (χ2v) is 8.21. The first-order valence-corrected chi connectivity index (χ1v) is 10.5. The molecule has 0 fully saturated rings. The van der Waals surface area contributed by atoms with Gasteiger partial charge < -0.3 is 10.0 Å². The molecule has 0 spiro atoms. The lowest BCUT2D eigenvalue weighted by Crippen LogP contribution is -2.25. The van der Waals surface area contributed by atoms with Gasteiger partial charge in [0.15, 0.2) is 0 Å². The van der Waals surface area contributed by atoms with E-state index >= 15 is 0 Å². The number of rotatable bonds is 5. The Morgan fingerprint density at radius 1 is 1.00 bits per heavy atom. The molecule has 3 nitrogen and oxygen atoms in total. The van der Waals surface area contributed by atoms with E-state index in [9.17, 15) is 9.90 Å². The van der Waals surface area contributed by atoms with E-state index < -0.39 is 6.10 Å². The summed E-state index contributed by atoms with van der Waals surface area (Å²) in [5.41, 5.74) is 4.09. The van der Waals surface area contributed by atoms with Crippen LogP contribution in [-0.4, -0.2) is 23.0 Å². The minimum atomic E-state index is -0.480. The standard InChI is InChI=1S/C25H23NO2S/c1-17(27)18-10-12-19(13-11-18)22-14-24(29-16-22)25(28)26(2)15-21-8-5-7-20-6-3-4-9-23(20)21/h3-14,16-17,27H,15H2,1-2H3/t17-/m0/s1. The molecule has 3 aromatic carbocycles. The Morgan fingerprint density at radius 3 is 2.48 bits per heavy atom. The highest BCUT2D eigenvalue weighted by Crippen LogP contribution is 2.28. The van der Waals surface area contributed by atoms with Crippen LogP contribution in [0.15, 0.2) is 78.2 Å². The fraction of sp³-hybridized carbons (Fsp3) is 0.160. The number of benzene rings is 3. The van der Waals surface area contributed by atoms with Crippen molar-refractivity contribution in [2.45, 2.75) is 19.6 Å². The van der Waals surface area contributed by atoms with Crippen LogP contribution in [0.5, 0.6) is 0 Å². The van der Waals surface area contributed by atoms with Crippen molar-refractivity contribution in [2.24, 2.45) is 0 Å². The zero-order chi connectivity index (χ0) is 20.4. The number of carbonyl (C=O) groups is 1. The Hall–Kier alpha value is -2.95. The molecule has 0 aliphatic heterocycles. The fourth-order valence-electron chi connectivity index (χ4n) is 3.50. The quantitative estimate of drug-likeness (QED) is 0.453. The Kier molecular flexibility index (Phi) is 5.47. The first-order chi connectivity index (χ1) is 14.0. The minimum Gasteiger partial charge on any atom is -0.389 e. The van der Waals surface area contributed by atoms with Crippen molar-refractivity contribution in [3.63, 3.8) is 0 Å². The summed E-state index contributed by atoms with van der Waals surface area (Å²) in [7, 11) is 1.85. The first kappa shape index (κ1) is 19.4. The number of nitrogens with zero attached hydrogens (tertiary/aromatic N) is 1. The van der Waals surface area contributed by atoms with Gasteiger partial charge in [-0.3, -0.25) is 4.79 Å². The molecule has 4 aromatic rings. The van der Waals surface area contributed by atoms with Gasteiger partial charge in [-0.2, -0.15) is 0 Å². The molecule has 29 heavy (non-hydrogen) atoms. The molecule has 0 radical (unpaired) electrons. The largest absolute Gasteiger partial charge is 0.389 e. The van der Waals surface area contributed by atoms with Gasteiger partial charge in [0, 0.05) is 13.6 Å². The normalized spacial score (nSPS) is 12.1. The molecule has 146 valence electrons. The maximum Gasteiger partial charge on any atom is 0.263 e. The van der Waals surface area contributed by atoms with Gasteiger partial charge in [0.05, 0.1) is 11.0 Å². The Morgan fingerprint density at radius 2 is 1.72 bits per heavy atom. The van der Waals surface area contributed by atoms with E-state index in [2.05, 4.69) is 24.3 Å². The van der Waals surface area contributed by atoms with Crippen LogP contribution in [0.1, 0.15) is 33.8 Å². The summed E-state index contributed by atoms with van der Waals surface area (Å²) in [6.45, 7) is 2.32. The number of hydrogen-bond acceptors (Lipinski definition) is 3. The zero-order valence-electron chi connectivity index (χ0n) is 16.5. The summed E-state index contributed by atoms with van der Waals surface area (Å²) in [5, 5.41) is 14.0. The van der Waals surface area contributed by atoms with Crippen molar-refractivity contribution in [1.82, 2.24) is 4.90 Å². The van der Waals surface area contributed by atoms with E-state index in [-0.39, 0.29) is 5.91 Å². The average Bonchev–Trinajstić information content (AvgIpc) is 3.23. The lowest BCUT2D eigenvalue weighted by molar-refractivity contribution is 0.0790. The van der Waals surface area contributed by atoms with E-state index in [4.69, 9.17) is 0 Å². The van der Waals surface area contributed by atoms with Crippen LogP contribution in [0, 0.1) is 0 Å². The number of thiophene rings is 1. The Labute approximate surface area is 174 Å². The molecule has 0 aliphatic rings. The van der Waals surface area contributed by atoms with E-state index in [0.717, 1.165) is 27.1 Å². The van der Waals surface area contributed by atoms with Crippen molar-refractivity contribution in [1.29, 1.82) is 0 Å². The topological polar surface area (TPSA) is 40.5 Å². The molecule has 0 saturated carbocycles. The van der Waals surface area contributed by atoms with Crippen LogP contribution < -0.4 is 0 Å². The first-order valence-electron chi connectivity index (χ1n) is 9.62. The van der Waals surface area contributed by atoms with Crippen LogP contribution in [0.4, 0.5) is 0 Å². The number of amides is 1. The van der Waals surface area contributed by atoms with Crippen LogP contribution in [0.3, 0.4) is 0 Å². The van der Waals surface area contributed by atoms with Crippen LogP contribution in [-0.2, 0) is 6.54 Å². The molecule has 1 amide bonds. The second-order valence-electron chi connectivity index (χ2n) is 7.30. The third kappa shape index (κ3) is 4.09. The summed E-state index contributed by atoms with van der Waals surface area (Å²) < 4.78 is 0. The van der Waals surface area contributed by atoms with Gasteiger partial charge in [-0.15, -0.1) is 11.3 Å². The molecule has 4 rings (SSSR count). The predicted molar refractivity (Wildman–Crippen MR) is 120 cm³/mol. The van der Waals surface area contributed by atoms with Crippen LogP contribution >= 0.6 is 11.3 Å². The Balaban J connectivity index is 1.52. The summed E-state index contributed by atoms with van der Waals surface area (Å²) in [6, 6.07) is 24.2. The molecule has 1 N–H and O–H groups in total. The molecule has 0 unspecified atom stereocenters. The smallest absolute Gasteiger partial charge is 0.263 e. The van der Waals surface area contributed by atoms with E-state index in [1.165, 1.54) is 22.1 Å². The molecule has 0 bridgehead atoms. The molecule has 1 heterocycles. The highest BCUT2D eigenvalue weighted by molar-refractivity contribution is 7.12. The third-order valence-electron chi connectivity index (χ3n) is 5.17. The average molecular weight is 402 g/mol. The number of carbonyl (C=O) groups excluding carboxylic acids is 1. The van der Waals surface area contributed by atoms with Crippen molar-refractivity contribution in [2.75, 3.05) is 7.05 Å². The minimum absolute atomic E-state index is 0.0229. The van der Waals surface area contributed by atoms with Crippen molar-refractivity contribution in [3.05, 3.63) is 94.2 Å². The van der Waals surface area contributed by atoms with Gasteiger partial charge in [0.1, 0.15) is 0 Å². The van der Waals surface area contributed by atoms with E-state index in [0.29, 0.717) is 6.54 Å². The van der Waals surface area contributed by atoms with Crippen molar-refractivity contribution >= 4 is 28.0 Å². The Bertz CT molecular complexity index is 1140. The summed E-state index contributed by atoms with van der Waals surface area (Å²) >= 11 is 1.46. The zero-order valence-corrected chi connectivity index (χ0v) is 17.3. The monoisotopic (exact) mass is 401 g/mol. The maximum atomic E-state index is 13.0. The molecule has 1 atom stereocenters. The van der Waals surface area contributed by atoms with E-state index in [1.54, 1.807) is 11.8 Å². The van der Waals surface area contributed by atoms with Gasteiger partial charge in [-0.25, -0.2) is 0 Å². The van der Waals surface area contributed by atoms with Gasteiger partial charge >= 0.3 is 0 Å². The molecular formula is C25H23NO2S. The summed E-state index contributed by atoms with van der Waals surface area (Å²) in [5.74, 6) is 0.0229. The summed E-state index contributed by atoms with van der Waals surface area (Å²) in [6.07, 6.45) is -0.480. The van der Waals surface area contributed by atoms with Gasteiger partial charge in [-0.05, 0) is 51.4 Å². The molecule has 4 heteroatoms. The predicted octanol–water partition coefficient (Wildman–Crippen LogP) is 5.89. The number of fused-ring (bicyclic) bond motifs is 1. The van der Waals surface area contributed by atoms with Crippen molar-refractivity contribution < 1.29 is 9.90 Å². The highest BCUT2D eigenvalue weighted by atomic mass is 32.1. The van der Waals surface area contributed by atoms with Gasteiger partial charge in [0.25, 0.3) is 5.91 Å². The maximum absolute atomic E-state index is 13.0. The summed E-state index contributed by atoms with van der Waals surface area (Å²) in [4.78, 5) is 15.5. The lowest BCUT2D eigenvalue weighted by Gasteiger charge is -2.17. The highest BCUT2D eigenvalue weighted by Gasteiger charge is 2.16. The third-order valence-corrected chi connectivity index (χ3v) is 6.09. The lowest BCUT2D eigenvalue weighted by atomic mass is 10.0. The van der Waals surface area contributed by atoms with Crippen molar-refractivity contribution in [3.8, 4) is 11.1 Å². The molecule has 0 aliphatic carbocycles. The van der Waals surface area contributed by atoms with Gasteiger partial charge in [0.2, 0.25) is 0 Å². The van der Waals surface area contributed by atoms with Crippen LogP contribution in [0.2, 0.25) is 0 Å². The number of hydrogen-bond donors (Lipinski definition) is 1. The van der Waals surface area contributed by atoms with E-state index in [1.807, 2.05) is 61.0 Å². The van der Waals surface area contributed by atoms with Crippen LogP contribution in [0.25, 0.3) is 21.9 Å². The fourth-order valence-corrected chi connectivity index (χ4v) is 4.41. The SMILES string of the molecule is C[C@H](O)c1ccc(-c2csc(C(=O)N(C)Cc3cccc4ccccc34)c2)cc1. The number of aliphatic hydroxyl groups is 1. The number of aliphatic hydroxyl groups excluding tert-OH is 1.